The number of carbonyl (C=O) groups excluding carboxylic acids is 1. The van der Waals surface area contributed by atoms with Crippen LogP contribution in [0.5, 0.6) is 0 Å². The van der Waals surface area contributed by atoms with Gasteiger partial charge >= 0.3 is 0 Å². The van der Waals surface area contributed by atoms with Crippen molar-refractivity contribution in [3.05, 3.63) is 64.4 Å². The Labute approximate surface area is 173 Å². The van der Waals surface area contributed by atoms with Crippen LogP contribution in [0.25, 0.3) is 0 Å². The summed E-state index contributed by atoms with van der Waals surface area (Å²) in [6.45, 7) is 0.545. The van der Waals surface area contributed by atoms with E-state index in [1.54, 1.807) is 30.1 Å². The molecular weight excluding hydrogens is 451 g/mol. The molecule has 9 heteroatoms. The highest BCUT2D eigenvalue weighted by Crippen LogP contribution is 2.28. The van der Waals surface area contributed by atoms with E-state index in [4.69, 9.17) is 0 Å². The van der Waals surface area contributed by atoms with Crippen molar-refractivity contribution in [3.63, 3.8) is 0 Å². The standard InChI is InChI=1S/C18H16BrFN4OS2/c1-24(10-12-6-8-13(19)9-7-12)16(25)11-26-18-23-22-17(27-18)21-15-5-3-2-4-14(15)20/h2-9H,10-11H2,1H3,(H,21,22). The summed E-state index contributed by atoms with van der Waals surface area (Å²) < 4.78 is 15.3. The van der Waals surface area contributed by atoms with Crippen LogP contribution in [0, 0.1) is 5.82 Å². The SMILES string of the molecule is CN(Cc1ccc(Br)cc1)C(=O)CSc1nnc(Nc2ccccc2F)s1. The van der Waals surface area contributed by atoms with Gasteiger partial charge in [-0.2, -0.15) is 0 Å². The summed E-state index contributed by atoms with van der Waals surface area (Å²) in [6, 6.07) is 14.2. The zero-order valence-electron chi connectivity index (χ0n) is 14.4. The average molecular weight is 467 g/mol. The van der Waals surface area contributed by atoms with Crippen molar-refractivity contribution < 1.29 is 9.18 Å². The summed E-state index contributed by atoms with van der Waals surface area (Å²) >= 11 is 6.00. The molecule has 0 aliphatic heterocycles. The van der Waals surface area contributed by atoms with Crippen LogP contribution in [0.1, 0.15) is 5.56 Å². The average Bonchev–Trinajstić information content (AvgIpc) is 3.11. The van der Waals surface area contributed by atoms with Gasteiger partial charge in [-0.1, -0.05) is 63.3 Å². The van der Waals surface area contributed by atoms with Crippen molar-refractivity contribution in [2.24, 2.45) is 0 Å². The minimum atomic E-state index is -0.355. The Hall–Kier alpha value is -1.97. The molecule has 0 saturated carbocycles. The number of hydrogen-bond acceptors (Lipinski definition) is 6. The maximum atomic E-state index is 13.7. The molecule has 5 nitrogen and oxygen atoms in total. The number of para-hydroxylation sites is 1. The number of nitrogens with one attached hydrogen (secondary N) is 1. The molecule has 3 aromatic rings. The molecule has 140 valence electrons. The van der Waals surface area contributed by atoms with E-state index in [-0.39, 0.29) is 17.5 Å². The van der Waals surface area contributed by atoms with Crippen molar-refractivity contribution >= 4 is 55.8 Å². The summed E-state index contributed by atoms with van der Waals surface area (Å²) in [5.41, 5.74) is 1.40. The van der Waals surface area contributed by atoms with E-state index in [0.717, 1.165) is 10.0 Å². The topological polar surface area (TPSA) is 58.1 Å². The number of benzene rings is 2. The monoisotopic (exact) mass is 466 g/mol. The maximum absolute atomic E-state index is 13.7. The number of amides is 1. The smallest absolute Gasteiger partial charge is 0.233 e. The molecule has 3 rings (SSSR count). The Morgan fingerprint density at radius 1 is 1.22 bits per heavy atom. The number of hydrogen-bond donors (Lipinski definition) is 1. The number of aromatic nitrogens is 2. The van der Waals surface area contributed by atoms with E-state index in [1.807, 2.05) is 24.3 Å². The van der Waals surface area contributed by atoms with E-state index in [0.29, 0.717) is 21.7 Å². The van der Waals surface area contributed by atoms with E-state index < -0.39 is 0 Å². The predicted octanol–water partition coefficient (Wildman–Crippen LogP) is 4.93. The van der Waals surface area contributed by atoms with E-state index in [2.05, 4.69) is 31.4 Å². The van der Waals surface area contributed by atoms with Gasteiger partial charge in [-0.05, 0) is 29.8 Å². The second kappa shape index (κ2) is 9.29. The molecule has 0 saturated heterocycles. The molecule has 0 spiro atoms. The largest absolute Gasteiger partial charge is 0.341 e. The van der Waals surface area contributed by atoms with Gasteiger partial charge in [0.1, 0.15) is 5.82 Å². The molecule has 0 atom stereocenters. The van der Waals surface area contributed by atoms with Gasteiger partial charge in [-0.3, -0.25) is 4.79 Å². The van der Waals surface area contributed by atoms with Gasteiger partial charge in [-0.15, -0.1) is 10.2 Å². The van der Waals surface area contributed by atoms with Crippen molar-refractivity contribution in [2.75, 3.05) is 18.1 Å². The normalized spacial score (nSPS) is 10.6. The quantitative estimate of drug-likeness (QED) is 0.500. The van der Waals surface area contributed by atoms with Crippen LogP contribution >= 0.6 is 39.0 Å². The number of rotatable bonds is 7. The lowest BCUT2D eigenvalue weighted by Crippen LogP contribution is -2.27. The van der Waals surface area contributed by atoms with Gasteiger partial charge in [0.2, 0.25) is 11.0 Å². The Morgan fingerprint density at radius 2 is 1.96 bits per heavy atom. The molecular formula is C18H16BrFN4OS2. The van der Waals surface area contributed by atoms with Crippen LogP contribution in [-0.2, 0) is 11.3 Å². The van der Waals surface area contributed by atoms with Crippen molar-refractivity contribution in [1.29, 1.82) is 0 Å². The molecule has 0 bridgehead atoms. The van der Waals surface area contributed by atoms with Crippen LogP contribution < -0.4 is 5.32 Å². The third-order valence-electron chi connectivity index (χ3n) is 3.60. The molecule has 1 aromatic heterocycles. The van der Waals surface area contributed by atoms with Gasteiger partial charge in [0.05, 0.1) is 11.4 Å². The van der Waals surface area contributed by atoms with E-state index in [1.165, 1.54) is 29.2 Å². The number of halogens is 2. The summed E-state index contributed by atoms with van der Waals surface area (Å²) in [7, 11) is 1.77. The van der Waals surface area contributed by atoms with Crippen molar-refractivity contribution in [1.82, 2.24) is 15.1 Å². The third-order valence-corrected chi connectivity index (χ3v) is 6.09. The number of anilines is 2. The molecule has 1 amide bonds. The summed E-state index contributed by atoms with van der Waals surface area (Å²) in [4.78, 5) is 14.0. The second-order valence-electron chi connectivity index (χ2n) is 5.64. The van der Waals surface area contributed by atoms with Gasteiger partial charge in [0, 0.05) is 18.1 Å². The predicted molar refractivity (Wildman–Crippen MR) is 111 cm³/mol. The lowest BCUT2D eigenvalue weighted by atomic mass is 10.2. The highest BCUT2D eigenvalue weighted by molar-refractivity contribution is 9.10. The molecule has 27 heavy (non-hydrogen) atoms. The number of thioether (sulfide) groups is 1. The van der Waals surface area contributed by atoms with Gasteiger partial charge in [0.25, 0.3) is 0 Å². The summed E-state index contributed by atoms with van der Waals surface area (Å²) in [5.74, 6) is -0.0881. The third kappa shape index (κ3) is 5.75. The van der Waals surface area contributed by atoms with Crippen LogP contribution in [0.2, 0.25) is 0 Å². The molecule has 0 unspecified atom stereocenters. The highest BCUT2D eigenvalue weighted by Gasteiger charge is 2.13. The van der Waals surface area contributed by atoms with Crippen LogP contribution in [0.3, 0.4) is 0 Å². The fraction of sp³-hybridized carbons (Fsp3) is 0.167. The Kier molecular flexibility index (Phi) is 6.81. The fourth-order valence-electron chi connectivity index (χ4n) is 2.18. The Bertz CT molecular complexity index is 920. The Balaban J connectivity index is 1.51. The molecule has 0 fully saturated rings. The first kappa shape index (κ1) is 19.8. The molecule has 0 aliphatic rings. The van der Waals surface area contributed by atoms with Crippen LogP contribution in [-0.4, -0.2) is 33.8 Å². The van der Waals surface area contributed by atoms with Gasteiger partial charge < -0.3 is 10.2 Å². The summed E-state index contributed by atoms with van der Waals surface area (Å²) in [6.07, 6.45) is 0. The molecule has 1 N–H and O–H groups in total. The summed E-state index contributed by atoms with van der Waals surface area (Å²) in [5, 5.41) is 11.4. The highest BCUT2D eigenvalue weighted by atomic mass is 79.9. The van der Waals surface area contributed by atoms with E-state index in [9.17, 15) is 9.18 Å². The molecule has 0 radical (unpaired) electrons. The first-order valence-corrected chi connectivity index (χ1v) is 10.6. The van der Waals surface area contributed by atoms with Crippen molar-refractivity contribution in [3.8, 4) is 0 Å². The number of carbonyl (C=O) groups is 1. The minimum Gasteiger partial charge on any atom is -0.341 e. The minimum absolute atomic E-state index is 0.00160. The molecule has 2 aromatic carbocycles. The van der Waals surface area contributed by atoms with Crippen molar-refractivity contribution in [2.45, 2.75) is 10.9 Å². The zero-order valence-corrected chi connectivity index (χ0v) is 17.6. The maximum Gasteiger partial charge on any atom is 0.233 e. The zero-order chi connectivity index (χ0) is 19.2. The van der Waals surface area contributed by atoms with Gasteiger partial charge in [0.15, 0.2) is 4.34 Å². The number of nitrogens with zero attached hydrogens (tertiary/aromatic N) is 3. The lowest BCUT2D eigenvalue weighted by molar-refractivity contribution is -0.127. The van der Waals surface area contributed by atoms with Gasteiger partial charge in [-0.25, -0.2) is 4.39 Å². The molecule has 1 heterocycles. The van der Waals surface area contributed by atoms with Crippen LogP contribution in [0.15, 0.2) is 57.3 Å². The van der Waals surface area contributed by atoms with Crippen LogP contribution in [0.4, 0.5) is 15.2 Å². The van der Waals surface area contributed by atoms with E-state index >= 15 is 0 Å². The lowest BCUT2D eigenvalue weighted by Gasteiger charge is -2.16. The first-order valence-electron chi connectivity index (χ1n) is 7.97. The fourth-order valence-corrected chi connectivity index (χ4v) is 4.15. The Morgan fingerprint density at radius 3 is 2.70 bits per heavy atom. The molecule has 0 aliphatic carbocycles. The first-order chi connectivity index (χ1) is 13.0. The second-order valence-corrected chi connectivity index (χ2v) is 8.76.